The number of halogens is 1. The molecule has 2 aromatic carbocycles. The molecule has 3 aromatic rings. The molecule has 0 spiro atoms. The Morgan fingerprint density at radius 1 is 1.23 bits per heavy atom. The highest BCUT2D eigenvalue weighted by Gasteiger charge is 2.32. The van der Waals surface area contributed by atoms with Crippen molar-refractivity contribution in [3.8, 4) is 11.4 Å². The SMILES string of the molecule is COc1ccc(NC(=O)c2cnn(-c3ccccc3)c2C2CC2)cc1Cl. The van der Waals surface area contributed by atoms with E-state index in [1.807, 2.05) is 35.0 Å². The fraction of sp³-hybridized carbons (Fsp3) is 0.200. The van der Waals surface area contributed by atoms with Crippen LogP contribution in [0.3, 0.4) is 0 Å². The monoisotopic (exact) mass is 367 g/mol. The lowest BCUT2D eigenvalue weighted by Crippen LogP contribution is -2.14. The average Bonchev–Trinajstić information content (AvgIpc) is 3.40. The van der Waals surface area contributed by atoms with E-state index in [1.165, 1.54) is 0 Å². The first-order valence-electron chi connectivity index (χ1n) is 8.45. The summed E-state index contributed by atoms with van der Waals surface area (Å²) in [6.07, 6.45) is 3.79. The number of ether oxygens (including phenoxy) is 1. The van der Waals surface area contributed by atoms with Gasteiger partial charge < -0.3 is 10.1 Å². The summed E-state index contributed by atoms with van der Waals surface area (Å²) in [6.45, 7) is 0. The zero-order valence-corrected chi connectivity index (χ0v) is 15.0. The van der Waals surface area contributed by atoms with Crippen molar-refractivity contribution in [2.45, 2.75) is 18.8 Å². The number of anilines is 1. The normalized spacial score (nSPS) is 13.5. The summed E-state index contributed by atoms with van der Waals surface area (Å²) >= 11 is 6.14. The number of para-hydroxylation sites is 1. The number of aromatic nitrogens is 2. The summed E-state index contributed by atoms with van der Waals surface area (Å²) < 4.78 is 7.01. The van der Waals surface area contributed by atoms with Gasteiger partial charge in [0.1, 0.15) is 5.75 Å². The molecule has 1 aliphatic rings. The van der Waals surface area contributed by atoms with Crippen molar-refractivity contribution in [2.75, 3.05) is 12.4 Å². The minimum Gasteiger partial charge on any atom is -0.495 e. The highest BCUT2D eigenvalue weighted by atomic mass is 35.5. The van der Waals surface area contributed by atoms with Crippen LogP contribution in [0.2, 0.25) is 5.02 Å². The number of carbonyl (C=O) groups is 1. The molecule has 0 aliphatic heterocycles. The Morgan fingerprint density at radius 3 is 2.65 bits per heavy atom. The van der Waals surface area contributed by atoms with Crippen LogP contribution < -0.4 is 10.1 Å². The fourth-order valence-corrected chi connectivity index (χ4v) is 3.26. The fourth-order valence-electron chi connectivity index (χ4n) is 3.00. The molecule has 132 valence electrons. The molecule has 5 nitrogen and oxygen atoms in total. The molecule has 6 heteroatoms. The van der Waals surface area contributed by atoms with Crippen molar-refractivity contribution >= 4 is 23.2 Å². The maximum Gasteiger partial charge on any atom is 0.259 e. The number of amides is 1. The number of methoxy groups -OCH3 is 1. The van der Waals surface area contributed by atoms with Gasteiger partial charge in [-0.3, -0.25) is 4.79 Å². The molecule has 0 saturated heterocycles. The summed E-state index contributed by atoms with van der Waals surface area (Å²) in [5.74, 6) is 0.758. The zero-order chi connectivity index (χ0) is 18.1. The molecule has 1 aliphatic carbocycles. The number of nitrogens with zero attached hydrogens (tertiary/aromatic N) is 2. The second-order valence-electron chi connectivity index (χ2n) is 6.27. The summed E-state index contributed by atoms with van der Waals surface area (Å²) in [7, 11) is 1.55. The van der Waals surface area contributed by atoms with Gasteiger partial charge in [0.2, 0.25) is 0 Å². The van der Waals surface area contributed by atoms with Gasteiger partial charge in [0.15, 0.2) is 0 Å². The molecular formula is C20H18ClN3O2. The van der Waals surface area contributed by atoms with E-state index in [0.717, 1.165) is 24.2 Å². The molecule has 1 fully saturated rings. The Kier molecular flexibility index (Phi) is 4.39. The Balaban J connectivity index is 1.64. The van der Waals surface area contributed by atoms with Crippen LogP contribution in [0.4, 0.5) is 5.69 Å². The van der Waals surface area contributed by atoms with Crippen molar-refractivity contribution in [2.24, 2.45) is 0 Å². The van der Waals surface area contributed by atoms with Gasteiger partial charge in [0, 0.05) is 11.6 Å². The second-order valence-corrected chi connectivity index (χ2v) is 6.68. The third kappa shape index (κ3) is 3.18. The minimum atomic E-state index is -0.185. The molecule has 4 rings (SSSR count). The van der Waals surface area contributed by atoms with Crippen LogP contribution in [0.15, 0.2) is 54.7 Å². The lowest BCUT2D eigenvalue weighted by atomic mass is 10.1. The van der Waals surface area contributed by atoms with Crippen LogP contribution in [-0.4, -0.2) is 22.8 Å². The first-order chi connectivity index (χ1) is 12.7. The summed E-state index contributed by atoms with van der Waals surface area (Å²) in [4.78, 5) is 12.8. The van der Waals surface area contributed by atoms with Gasteiger partial charge in [-0.25, -0.2) is 4.68 Å². The van der Waals surface area contributed by atoms with Crippen LogP contribution in [0.1, 0.15) is 34.8 Å². The van der Waals surface area contributed by atoms with Crippen LogP contribution in [-0.2, 0) is 0 Å². The zero-order valence-electron chi connectivity index (χ0n) is 14.3. The van der Waals surface area contributed by atoms with E-state index in [4.69, 9.17) is 16.3 Å². The Labute approximate surface area is 156 Å². The third-order valence-electron chi connectivity index (χ3n) is 4.43. The van der Waals surface area contributed by atoms with Gasteiger partial charge in [-0.05, 0) is 43.2 Å². The van der Waals surface area contributed by atoms with Gasteiger partial charge in [-0.1, -0.05) is 29.8 Å². The van der Waals surface area contributed by atoms with E-state index in [1.54, 1.807) is 31.5 Å². The predicted molar refractivity (Wildman–Crippen MR) is 101 cm³/mol. The minimum absolute atomic E-state index is 0.185. The summed E-state index contributed by atoms with van der Waals surface area (Å²) in [5, 5.41) is 7.82. The second kappa shape index (κ2) is 6.84. The number of hydrogen-bond donors (Lipinski definition) is 1. The van der Waals surface area contributed by atoms with Gasteiger partial charge in [0.25, 0.3) is 5.91 Å². The van der Waals surface area contributed by atoms with Crippen LogP contribution in [0.25, 0.3) is 5.69 Å². The van der Waals surface area contributed by atoms with Crippen molar-refractivity contribution < 1.29 is 9.53 Å². The maximum atomic E-state index is 12.8. The van der Waals surface area contributed by atoms with Gasteiger partial charge >= 0.3 is 0 Å². The first-order valence-corrected chi connectivity index (χ1v) is 8.83. The lowest BCUT2D eigenvalue weighted by molar-refractivity contribution is 0.102. The highest BCUT2D eigenvalue weighted by Crippen LogP contribution is 2.42. The predicted octanol–water partition coefficient (Wildman–Crippen LogP) is 4.66. The molecule has 0 atom stereocenters. The molecule has 1 amide bonds. The topological polar surface area (TPSA) is 56.1 Å². The molecule has 1 aromatic heterocycles. The lowest BCUT2D eigenvalue weighted by Gasteiger charge is -2.10. The van der Waals surface area contributed by atoms with Crippen LogP contribution in [0, 0.1) is 0 Å². The van der Waals surface area contributed by atoms with Gasteiger partial charge in [-0.2, -0.15) is 5.10 Å². The summed E-state index contributed by atoms with van der Waals surface area (Å²) in [6, 6.07) is 15.0. The summed E-state index contributed by atoms with van der Waals surface area (Å²) in [5.41, 5.74) is 3.15. The molecular weight excluding hydrogens is 350 g/mol. The Hall–Kier alpha value is -2.79. The number of hydrogen-bond acceptors (Lipinski definition) is 3. The molecule has 0 radical (unpaired) electrons. The van der Waals surface area contributed by atoms with Gasteiger partial charge in [-0.15, -0.1) is 0 Å². The average molecular weight is 368 g/mol. The standard InChI is InChI=1S/C20H18ClN3O2/c1-26-18-10-9-14(11-17(18)21)23-20(25)16-12-22-24(19(16)13-7-8-13)15-5-3-2-4-6-15/h2-6,9-13H,7-8H2,1H3,(H,23,25). The number of rotatable bonds is 5. The molecule has 0 bridgehead atoms. The van der Waals surface area contributed by atoms with Crippen molar-refractivity contribution in [1.29, 1.82) is 0 Å². The molecule has 1 heterocycles. The van der Waals surface area contributed by atoms with Crippen molar-refractivity contribution in [3.05, 3.63) is 71.0 Å². The van der Waals surface area contributed by atoms with Crippen LogP contribution >= 0.6 is 11.6 Å². The van der Waals surface area contributed by atoms with E-state index >= 15 is 0 Å². The largest absolute Gasteiger partial charge is 0.495 e. The smallest absolute Gasteiger partial charge is 0.259 e. The Bertz CT molecular complexity index is 949. The number of carbonyl (C=O) groups excluding carboxylic acids is 1. The maximum absolute atomic E-state index is 12.8. The highest BCUT2D eigenvalue weighted by molar-refractivity contribution is 6.32. The Morgan fingerprint density at radius 2 is 2.00 bits per heavy atom. The molecule has 1 saturated carbocycles. The molecule has 0 unspecified atom stereocenters. The first kappa shape index (κ1) is 16.7. The third-order valence-corrected chi connectivity index (χ3v) is 4.72. The van der Waals surface area contributed by atoms with E-state index in [0.29, 0.717) is 27.9 Å². The molecule has 1 N–H and O–H groups in total. The number of nitrogens with one attached hydrogen (secondary N) is 1. The van der Waals surface area contributed by atoms with Crippen molar-refractivity contribution in [1.82, 2.24) is 9.78 Å². The molecule has 26 heavy (non-hydrogen) atoms. The van der Waals surface area contributed by atoms with E-state index in [-0.39, 0.29) is 5.91 Å². The van der Waals surface area contributed by atoms with Gasteiger partial charge in [0.05, 0.1) is 35.3 Å². The van der Waals surface area contributed by atoms with E-state index in [2.05, 4.69) is 10.4 Å². The van der Waals surface area contributed by atoms with E-state index < -0.39 is 0 Å². The van der Waals surface area contributed by atoms with E-state index in [9.17, 15) is 4.79 Å². The quantitative estimate of drug-likeness (QED) is 0.713. The number of benzene rings is 2. The van der Waals surface area contributed by atoms with Crippen molar-refractivity contribution in [3.63, 3.8) is 0 Å². The van der Waals surface area contributed by atoms with Crippen LogP contribution in [0.5, 0.6) is 5.75 Å².